The number of hydrogen-bond donors (Lipinski definition) is 3. The number of aliphatic carboxylic acids is 1. The van der Waals surface area contributed by atoms with Crippen molar-refractivity contribution in [2.45, 2.75) is 6.04 Å². The van der Waals surface area contributed by atoms with Gasteiger partial charge in [0.25, 0.3) is 0 Å². The number of carbonyl (C=O) groups excluding carboxylic acids is 1. The average Bonchev–Trinajstić information content (AvgIpc) is 2.26. The first kappa shape index (κ1) is 8.55. The van der Waals surface area contributed by atoms with Crippen LogP contribution < -0.4 is 11.0 Å². The van der Waals surface area contributed by atoms with E-state index in [0.29, 0.717) is 5.56 Å². The molecule has 0 heterocycles. The van der Waals surface area contributed by atoms with Gasteiger partial charge < -0.3 is 16.2 Å². The van der Waals surface area contributed by atoms with E-state index in [9.17, 15) is 9.59 Å². The number of carboxylic acid groups (broad SMARTS) is 1. The molecular formula is C9H10N2O3. The molecule has 2 amide bonds. The lowest BCUT2D eigenvalue weighted by Gasteiger charge is -2.12. The maximum atomic E-state index is 10.8. The Hall–Kier alpha value is -2.04. The highest BCUT2D eigenvalue weighted by Crippen LogP contribution is 2.11. The molecule has 0 aliphatic carbocycles. The molecule has 1 unspecified atom stereocenters. The molecule has 0 radical (unpaired) electrons. The third kappa shape index (κ3) is 2.48. The number of amides is 2. The van der Waals surface area contributed by atoms with Crippen LogP contribution in [0.25, 0.3) is 0 Å². The van der Waals surface area contributed by atoms with Gasteiger partial charge in [-0.3, -0.25) is 0 Å². The lowest BCUT2D eigenvalue weighted by molar-refractivity contribution is -0.139. The van der Waals surface area contributed by atoms with Gasteiger partial charge in [0.1, 0.15) is 0 Å². The molecule has 0 spiro atoms. The Labute approximate surface area is 82.0 Å². The van der Waals surface area contributed by atoms with E-state index in [1.807, 2.05) is 0 Å². The van der Waals surface area contributed by atoms with Crippen molar-refractivity contribution in [1.29, 1.82) is 0 Å². The minimum atomic E-state index is -1.18. The topological polar surface area (TPSA) is 92.4 Å². The maximum Gasteiger partial charge on any atom is 0.330 e. The molecular weight excluding hydrogens is 184 g/mol. The summed E-state index contributed by atoms with van der Waals surface area (Å²) in [5, 5.41) is 11.0. The summed E-state index contributed by atoms with van der Waals surface area (Å²) in [4.78, 5) is 21.7. The predicted molar refractivity (Wildman–Crippen MR) is 49.5 cm³/mol. The van der Waals surface area contributed by atoms with Crippen molar-refractivity contribution in [2.75, 3.05) is 0 Å². The summed E-state index contributed by atoms with van der Waals surface area (Å²) < 4.78 is 6.55. The van der Waals surface area contributed by atoms with E-state index in [0.717, 1.165) is 0 Å². The SMILES string of the molecule is [2H]NC(=O)NC(C(=O)O)c1ccccc1. The summed E-state index contributed by atoms with van der Waals surface area (Å²) >= 11 is 0. The highest BCUT2D eigenvalue weighted by Gasteiger charge is 2.20. The van der Waals surface area contributed by atoms with Crippen molar-refractivity contribution in [3.8, 4) is 0 Å². The van der Waals surface area contributed by atoms with Gasteiger partial charge in [-0.05, 0) is 5.56 Å². The molecule has 1 aromatic carbocycles. The van der Waals surface area contributed by atoms with Gasteiger partial charge in [-0.1, -0.05) is 30.3 Å². The number of primary amides is 1. The molecule has 74 valence electrons. The molecule has 1 aromatic rings. The van der Waals surface area contributed by atoms with Crippen LogP contribution in [-0.2, 0) is 4.79 Å². The van der Waals surface area contributed by atoms with Crippen LogP contribution in [0.3, 0.4) is 0 Å². The Kier molecular flexibility index (Phi) is 2.61. The Balaban J connectivity index is 2.84. The Morgan fingerprint density at radius 1 is 1.43 bits per heavy atom. The number of urea groups is 1. The second kappa shape index (κ2) is 4.27. The molecule has 4 N–H and O–H groups in total. The normalized spacial score (nSPS) is 12.4. The van der Waals surface area contributed by atoms with E-state index < -0.39 is 18.0 Å². The highest BCUT2D eigenvalue weighted by molar-refractivity contribution is 5.82. The van der Waals surface area contributed by atoms with Gasteiger partial charge in [-0.25, -0.2) is 9.59 Å². The van der Waals surface area contributed by atoms with E-state index in [2.05, 4.69) is 5.32 Å². The number of carbonyl (C=O) groups is 2. The van der Waals surface area contributed by atoms with Crippen molar-refractivity contribution in [1.82, 2.24) is 5.32 Å². The van der Waals surface area contributed by atoms with E-state index in [1.165, 1.54) is 0 Å². The van der Waals surface area contributed by atoms with Crippen LogP contribution >= 0.6 is 0 Å². The van der Waals surface area contributed by atoms with Crippen LogP contribution in [-0.4, -0.2) is 17.1 Å². The number of nitrogens with two attached hydrogens (primary N) is 1. The van der Waals surface area contributed by atoms with Gasteiger partial charge in [0.15, 0.2) is 7.45 Å². The summed E-state index contributed by atoms with van der Waals surface area (Å²) in [6.07, 6.45) is 0. The third-order valence-electron chi connectivity index (χ3n) is 1.66. The molecule has 5 heteroatoms. The Bertz CT molecular complexity index is 356. The average molecular weight is 195 g/mol. The number of nitrogens with one attached hydrogen (secondary N) is 1. The number of rotatable bonds is 3. The molecule has 0 aliphatic heterocycles. The van der Waals surface area contributed by atoms with E-state index in [4.69, 9.17) is 6.52 Å². The number of carboxylic acids is 1. The van der Waals surface area contributed by atoms with Crippen LogP contribution in [0.4, 0.5) is 4.79 Å². The number of benzene rings is 1. The quantitative estimate of drug-likeness (QED) is 0.654. The Morgan fingerprint density at radius 2 is 2.07 bits per heavy atom. The lowest BCUT2D eigenvalue weighted by atomic mass is 10.1. The smallest absolute Gasteiger partial charge is 0.330 e. The van der Waals surface area contributed by atoms with Crippen LogP contribution in [0, 0.1) is 0 Å². The van der Waals surface area contributed by atoms with Crippen molar-refractivity contribution >= 4 is 12.0 Å². The van der Waals surface area contributed by atoms with Crippen LogP contribution in [0.15, 0.2) is 30.3 Å². The van der Waals surface area contributed by atoms with Gasteiger partial charge >= 0.3 is 12.0 Å². The van der Waals surface area contributed by atoms with Crippen molar-refractivity contribution < 1.29 is 16.1 Å². The highest BCUT2D eigenvalue weighted by atomic mass is 16.4. The molecule has 0 aromatic heterocycles. The van der Waals surface area contributed by atoms with Crippen molar-refractivity contribution in [3.63, 3.8) is 0 Å². The van der Waals surface area contributed by atoms with Crippen LogP contribution in [0.1, 0.15) is 11.6 Å². The van der Waals surface area contributed by atoms with Gasteiger partial charge in [-0.2, -0.15) is 0 Å². The summed E-state index contributed by atoms with van der Waals surface area (Å²) in [5.74, 6) is -1.18. The first-order chi connectivity index (χ1) is 7.15. The second-order valence-corrected chi connectivity index (χ2v) is 2.66. The van der Waals surface area contributed by atoms with Gasteiger partial charge in [0.05, 0.1) is 0 Å². The Morgan fingerprint density at radius 3 is 2.57 bits per heavy atom. The summed E-state index contributed by atoms with van der Waals surface area (Å²) in [7, 11) is 0. The minimum Gasteiger partial charge on any atom is -0.479 e. The molecule has 0 aliphatic rings. The molecule has 0 saturated heterocycles. The third-order valence-corrected chi connectivity index (χ3v) is 1.66. The first-order valence-corrected chi connectivity index (χ1v) is 3.91. The summed E-state index contributed by atoms with van der Waals surface area (Å²) in [5.41, 5.74) is 2.01. The molecule has 1 atom stereocenters. The second-order valence-electron chi connectivity index (χ2n) is 2.66. The zero-order valence-corrected chi connectivity index (χ0v) is 7.23. The van der Waals surface area contributed by atoms with E-state index in [1.54, 1.807) is 36.1 Å². The first-order valence-electron chi connectivity index (χ1n) is 4.41. The largest absolute Gasteiger partial charge is 0.479 e. The van der Waals surface area contributed by atoms with Crippen LogP contribution in [0.2, 0.25) is 1.41 Å². The maximum absolute atomic E-state index is 10.8. The fourth-order valence-electron chi connectivity index (χ4n) is 1.06. The molecule has 0 saturated carbocycles. The molecule has 14 heavy (non-hydrogen) atoms. The van der Waals surface area contributed by atoms with Crippen molar-refractivity contribution in [3.05, 3.63) is 35.9 Å². The standard InChI is InChI=1S/C9H10N2O3/c10-9(14)11-7(8(12)13)6-4-2-1-3-5-6/h1-5,7H,(H,12,13)(H3,10,11,14)/i/hD. The molecule has 0 bridgehead atoms. The predicted octanol–water partition coefficient (Wildman–Crippen LogP) is 0.481. The van der Waals surface area contributed by atoms with Gasteiger partial charge in [0, 0.05) is 0 Å². The zero-order chi connectivity index (χ0) is 11.3. The van der Waals surface area contributed by atoms with E-state index >= 15 is 0 Å². The fraction of sp³-hybridized carbons (Fsp3) is 0.111. The monoisotopic (exact) mass is 195 g/mol. The minimum absolute atomic E-state index is 0.452. The number of hydrogen-bond acceptors (Lipinski definition) is 2. The zero-order valence-electron chi connectivity index (χ0n) is 8.23. The summed E-state index contributed by atoms with van der Waals surface area (Å²) in [6.45, 7) is 0. The molecule has 0 fully saturated rings. The fourth-order valence-corrected chi connectivity index (χ4v) is 1.06. The van der Waals surface area contributed by atoms with E-state index in [-0.39, 0.29) is 0 Å². The van der Waals surface area contributed by atoms with Crippen molar-refractivity contribution in [2.24, 2.45) is 5.73 Å². The summed E-state index contributed by atoms with van der Waals surface area (Å²) in [6, 6.07) is 6.26. The van der Waals surface area contributed by atoms with Crippen LogP contribution in [0.5, 0.6) is 0 Å². The lowest BCUT2D eigenvalue weighted by Crippen LogP contribution is -2.37. The van der Waals surface area contributed by atoms with Gasteiger partial charge in [-0.15, -0.1) is 0 Å². The molecule has 1 rings (SSSR count). The van der Waals surface area contributed by atoms with Gasteiger partial charge in [0.2, 0.25) is 0 Å². The molecule has 5 nitrogen and oxygen atoms in total.